The van der Waals surface area contributed by atoms with Gasteiger partial charge in [0, 0.05) is 24.5 Å². The number of rotatable bonds is 12. The third-order valence-electron chi connectivity index (χ3n) is 5.12. The third-order valence-corrected chi connectivity index (χ3v) is 5.38. The largest absolute Gasteiger partial charge is 0.494 e. The fourth-order valence-electron chi connectivity index (χ4n) is 3.44. The molecule has 2 rings (SSSR count). The van der Waals surface area contributed by atoms with Gasteiger partial charge >= 0.3 is 0 Å². The number of ether oxygens (including phenoxy) is 1. The predicted octanol–water partition coefficient (Wildman–Crippen LogP) is 5.39. The zero-order chi connectivity index (χ0) is 23.5. The maximum Gasteiger partial charge on any atom is 0.242 e. The minimum absolute atomic E-state index is 0.0437. The molecule has 0 unspecified atom stereocenters. The summed E-state index contributed by atoms with van der Waals surface area (Å²) in [6, 6.07) is 14.7. The molecule has 32 heavy (non-hydrogen) atoms. The molecule has 6 heteroatoms. The molecule has 0 saturated heterocycles. The standard InChI is InChI=1S/C26H35ClN2O3/c1-5-24(26(31)28-17-19(2)3)29(18-21-9-6-8-20(4)16-21)25(30)10-7-15-32-23-13-11-22(27)12-14-23/h6,8-9,11-14,16,19,24H,5,7,10,15,17-18H2,1-4H3,(H,28,31)/t24-/m0/s1. The van der Waals surface area contributed by atoms with Gasteiger partial charge in [0.05, 0.1) is 6.61 Å². The van der Waals surface area contributed by atoms with E-state index in [0.29, 0.717) is 49.9 Å². The number of benzene rings is 2. The van der Waals surface area contributed by atoms with E-state index in [9.17, 15) is 9.59 Å². The molecule has 0 aromatic heterocycles. The average Bonchev–Trinajstić information content (AvgIpc) is 2.76. The topological polar surface area (TPSA) is 58.6 Å². The quantitative estimate of drug-likeness (QED) is 0.434. The Balaban J connectivity index is 2.04. The Kier molecular flexibility index (Phi) is 10.5. The van der Waals surface area contributed by atoms with Crippen LogP contribution >= 0.6 is 11.6 Å². The van der Waals surface area contributed by atoms with Gasteiger partial charge in [-0.2, -0.15) is 0 Å². The predicted molar refractivity (Wildman–Crippen MR) is 130 cm³/mol. The van der Waals surface area contributed by atoms with Crippen LogP contribution in [0.4, 0.5) is 0 Å². The molecule has 1 atom stereocenters. The van der Waals surface area contributed by atoms with Crippen molar-refractivity contribution >= 4 is 23.4 Å². The van der Waals surface area contributed by atoms with Crippen molar-refractivity contribution in [3.05, 3.63) is 64.7 Å². The van der Waals surface area contributed by atoms with Crippen molar-refractivity contribution < 1.29 is 14.3 Å². The summed E-state index contributed by atoms with van der Waals surface area (Å²) in [4.78, 5) is 27.8. The molecule has 2 amide bonds. The summed E-state index contributed by atoms with van der Waals surface area (Å²) in [7, 11) is 0. The van der Waals surface area contributed by atoms with Crippen LogP contribution in [0.1, 0.15) is 51.2 Å². The summed E-state index contributed by atoms with van der Waals surface area (Å²) >= 11 is 5.90. The van der Waals surface area contributed by atoms with Crippen LogP contribution in [0.5, 0.6) is 5.75 Å². The Labute approximate surface area is 197 Å². The second-order valence-electron chi connectivity index (χ2n) is 8.48. The van der Waals surface area contributed by atoms with Gasteiger partial charge in [0.25, 0.3) is 0 Å². The molecule has 0 saturated carbocycles. The summed E-state index contributed by atoms with van der Waals surface area (Å²) in [6.45, 7) is 9.50. The Bertz CT molecular complexity index is 868. The van der Waals surface area contributed by atoms with Gasteiger partial charge in [-0.15, -0.1) is 0 Å². The molecular weight excluding hydrogens is 424 g/mol. The Morgan fingerprint density at radius 3 is 2.47 bits per heavy atom. The number of aryl methyl sites for hydroxylation is 1. The highest BCUT2D eigenvalue weighted by molar-refractivity contribution is 6.30. The second-order valence-corrected chi connectivity index (χ2v) is 8.92. The van der Waals surface area contributed by atoms with Crippen molar-refractivity contribution in [1.29, 1.82) is 0 Å². The molecule has 2 aromatic rings. The summed E-state index contributed by atoms with van der Waals surface area (Å²) in [5.41, 5.74) is 2.15. The van der Waals surface area contributed by atoms with Gasteiger partial charge in [0.2, 0.25) is 11.8 Å². The van der Waals surface area contributed by atoms with Crippen molar-refractivity contribution in [1.82, 2.24) is 10.2 Å². The van der Waals surface area contributed by atoms with Crippen molar-refractivity contribution in [2.45, 2.75) is 59.5 Å². The highest BCUT2D eigenvalue weighted by Gasteiger charge is 2.28. The fourth-order valence-corrected chi connectivity index (χ4v) is 3.56. The van der Waals surface area contributed by atoms with Crippen molar-refractivity contribution in [3.63, 3.8) is 0 Å². The van der Waals surface area contributed by atoms with Gasteiger partial charge in [0.1, 0.15) is 11.8 Å². The van der Waals surface area contributed by atoms with Gasteiger partial charge < -0.3 is 15.0 Å². The number of carbonyl (C=O) groups excluding carboxylic acids is 2. The number of hydrogen-bond acceptors (Lipinski definition) is 3. The summed E-state index contributed by atoms with van der Waals surface area (Å²) in [6.07, 6.45) is 1.44. The van der Waals surface area contributed by atoms with Gasteiger partial charge in [-0.1, -0.05) is 62.2 Å². The number of hydrogen-bond donors (Lipinski definition) is 1. The normalized spacial score (nSPS) is 11.8. The van der Waals surface area contributed by atoms with Crippen LogP contribution in [-0.2, 0) is 16.1 Å². The van der Waals surface area contributed by atoms with Crippen LogP contribution in [0.2, 0.25) is 5.02 Å². The lowest BCUT2D eigenvalue weighted by atomic mass is 10.1. The van der Waals surface area contributed by atoms with Gasteiger partial charge in [0.15, 0.2) is 0 Å². The fraction of sp³-hybridized carbons (Fsp3) is 0.462. The van der Waals surface area contributed by atoms with Gasteiger partial charge in [-0.3, -0.25) is 9.59 Å². The van der Waals surface area contributed by atoms with E-state index >= 15 is 0 Å². The lowest BCUT2D eigenvalue weighted by molar-refractivity contribution is -0.141. The van der Waals surface area contributed by atoms with Gasteiger partial charge in [-0.25, -0.2) is 0 Å². The number of nitrogens with zero attached hydrogens (tertiary/aromatic N) is 1. The average molecular weight is 459 g/mol. The molecule has 0 radical (unpaired) electrons. The smallest absolute Gasteiger partial charge is 0.242 e. The van der Waals surface area contributed by atoms with Crippen molar-refractivity contribution in [2.75, 3.05) is 13.2 Å². The zero-order valence-corrected chi connectivity index (χ0v) is 20.3. The van der Waals surface area contributed by atoms with E-state index < -0.39 is 6.04 Å². The SMILES string of the molecule is CC[C@@H](C(=O)NCC(C)C)N(Cc1cccc(C)c1)C(=O)CCCOc1ccc(Cl)cc1. The molecule has 0 aliphatic heterocycles. The van der Waals surface area contributed by atoms with Crippen LogP contribution in [0.15, 0.2) is 48.5 Å². The molecule has 2 aromatic carbocycles. The van der Waals surface area contributed by atoms with E-state index in [1.165, 1.54) is 0 Å². The van der Waals surface area contributed by atoms with Crippen LogP contribution in [0, 0.1) is 12.8 Å². The molecule has 0 aliphatic carbocycles. The Morgan fingerprint density at radius 2 is 1.84 bits per heavy atom. The highest BCUT2D eigenvalue weighted by Crippen LogP contribution is 2.17. The van der Waals surface area contributed by atoms with Crippen LogP contribution in [0.25, 0.3) is 0 Å². The minimum atomic E-state index is -0.501. The summed E-state index contributed by atoms with van der Waals surface area (Å²) in [5, 5.41) is 3.64. The first kappa shape index (κ1) is 25.7. The Morgan fingerprint density at radius 1 is 1.12 bits per heavy atom. The monoisotopic (exact) mass is 458 g/mol. The summed E-state index contributed by atoms with van der Waals surface area (Å²) in [5.74, 6) is 0.928. The van der Waals surface area contributed by atoms with E-state index in [1.807, 2.05) is 32.0 Å². The number of amides is 2. The Hall–Kier alpha value is -2.53. The maximum absolute atomic E-state index is 13.2. The number of carbonyl (C=O) groups is 2. The lowest BCUT2D eigenvalue weighted by Crippen LogP contribution is -2.49. The zero-order valence-electron chi connectivity index (χ0n) is 19.6. The van der Waals surface area contributed by atoms with Crippen LogP contribution in [0.3, 0.4) is 0 Å². The number of nitrogens with one attached hydrogen (secondary N) is 1. The van der Waals surface area contributed by atoms with E-state index in [2.05, 4.69) is 25.2 Å². The second kappa shape index (κ2) is 13.1. The van der Waals surface area contributed by atoms with Crippen LogP contribution < -0.4 is 10.1 Å². The molecule has 0 spiro atoms. The highest BCUT2D eigenvalue weighted by atomic mass is 35.5. The van der Waals surface area contributed by atoms with E-state index in [4.69, 9.17) is 16.3 Å². The maximum atomic E-state index is 13.2. The molecule has 0 aliphatic rings. The lowest BCUT2D eigenvalue weighted by Gasteiger charge is -2.31. The third kappa shape index (κ3) is 8.54. The first-order valence-corrected chi connectivity index (χ1v) is 11.7. The first-order valence-electron chi connectivity index (χ1n) is 11.3. The molecule has 5 nitrogen and oxygen atoms in total. The van der Waals surface area contributed by atoms with Gasteiger partial charge in [-0.05, 0) is 55.5 Å². The number of halogens is 1. The van der Waals surface area contributed by atoms with Crippen molar-refractivity contribution in [2.24, 2.45) is 5.92 Å². The molecular formula is C26H35ClN2O3. The molecule has 1 N–H and O–H groups in total. The van der Waals surface area contributed by atoms with E-state index in [0.717, 1.165) is 16.9 Å². The molecule has 174 valence electrons. The first-order chi connectivity index (χ1) is 15.3. The van der Waals surface area contributed by atoms with Crippen molar-refractivity contribution in [3.8, 4) is 5.75 Å². The molecule has 0 bridgehead atoms. The van der Waals surface area contributed by atoms with E-state index in [1.54, 1.807) is 29.2 Å². The van der Waals surface area contributed by atoms with Crippen LogP contribution in [-0.4, -0.2) is 35.9 Å². The van der Waals surface area contributed by atoms with E-state index in [-0.39, 0.29) is 11.8 Å². The minimum Gasteiger partial charge on any atom is -0.494 e. The summed E-state index contributed by atoms with van der Waals surface area (Å²) < 4.78 is 5.72. The molecule has 0 fully saturated rings. The molecule has 0 heterocycles.